The highest BCUT2D eigenvalue weighted by molar-refractivity contribution is 5.88. The molecule has 0 aromatic heterocycles. The minimum atomic E-state index is 0.973. The summed E-state index contributed by atoms with van der Waals surface area (Å²) >= 11 is 0. The fourth-order valence-corrected chi connectivity index (χ4v) is 10.1. The molecule has 0 radical (unpaired) electrons. The van der Waals surface area contributed by atoms with E-state index in [4.69, 9.17) is 0 Å². The zero-order valence-electron chi connectivity index (χ0n) is 35.4. The Balaban J connectivity index is 0.819. The summed E-state index contributed by atoms with van der Waals surface area (Å²) < 4.78 is 0. The van der Waals surface area contributed by atoms with Gasteiger partial charge in [-0.15, -0.1) is 0 Å². The third kappa shape index (κ3) is 6.68. The quantitative estimate of drug-likeness (QED) is 0.143. The van der Waals surface area contributed by atoms with Crippen LogP contribution in [0.1, 0.15) is 22.3 Å². The molecule has 0 unspecified atom stereocenters. The van der Waals surface area contributed by atoms with Crippen LogP contribution in [-0.4, -0.2) is 0 Å². The Bertz CT molecular complexity index is 3050. The highest BCUT2D eigenvalue weighted by Crippen LogP contribution is 2.45. The first kappa shape index (κ1) is 37.6. The topological polar surface area (TPSA) is 6.48 Å². The van der Waals surface area contributed by atoms with Crippen LogP contribution in [0, 0.1) is 0 Å². The zero-order valence-corrected chi connectivity index (χ0v) is 35.4. The molecular weight excluding hydrogens is 773 g/mol. The van der Waals surface area contributed by atoms with Crippen molar-refractivity contribution < 1.29 is 0 Å². The molecule has 0 atom stereocenters. The summed E-state index contributed by atoms with van der Waals surface area (Å²) in [5, 5.41) is 0. The summed E-state index contributed by atoms with van der Waals surface area (Å²) in [6, 6.07) is 88.5. The van der Waals surface area contributed by atoms with Crippen molar-refractivity contribution in [1.29, 1.82) is 0 Å². The Morgan fingerprint density at radius 2 is 0.484 bits per heavy atom. The van der Waals surface area contributed by atoms with E-state index in [2.05, 4.69) is 252 Å². The predicted octanol–water partition coefficient (Wildman–Crippen LogP) is 16.8. The van der Waals surface area contributed by atoms with Crippen molar-refractivity contribution in [3.8, 4) is 55.6 Å². The first-order valence-electron chi connectivity index (χ1n) is 22.3. The maximum Gasteiger partial charge on any atom is 0.0462 e. The average Bonchev–Trinajstić information content (AvgIpc) is 3.95. The van der Waals surface area contributed by atoms with E-state index in [1.165, 1.54) is 77.9 Å². The molecular formula is C62H44N2. The Morgan fingerprint density at radius 1 is 0.203 bits per heavy atom. The molecule has 302 valence electrons. The lowest BCUT2D eigenvalue weighted by atomic mass is 9.95. The number of benzene rings is 10. The van der Waals surface area contributed by atoms with Gasteiger partial charge in [0.1, 0.15) is 0 Å². The van der Waals surface area contributed by atoms with Crippen LogP contribution in [0.25, 0.3) is 55.6 Å². The summed E-state index contributed by atoms with van der Waals surface area (Å²) in [4.78, 5) is 4.68. The maximum atomic E-state index is 2.34. The number of para-hydroxylation sites is 2. The van der Waals surface area contributed by atoms with Crippen molar-refractivity contribution >= 4 is 34.1 Å². The second-order valence-corrected chi connectivity index (χ2v) is 16.9. The molecule has 2 nitrogen and oxygen atoms in total. The van der Waals surface area contributed by atoms with E-state index in [0.717, 1.165) is 47.0 Å². The highest BCUT2D eigenvalue weighted by Gasteiger charge is 2.23. The van der Waals surface area contributed by atoms with Crippen molar-refractivity contribution in [1.82, 2.24) is 0 Å². The van der Waals surface area contributed by atoms with Crippen molar-refractivity contribution in [2.75, 3.05) is 9.80 Å². The lowest BCUT2D eigenvalue weighted by Gasteiger charge is -2.26. The van der Waals surface area contributed by atoms with Gasteiger partial charge in [0, 0.05) is 34.1 Å². The predicted molar refractivity (Wildman–Crippen MR) is 269 cm³/mol. The van der Waals surface area contributed by atoms with Crippen LogP contribution in [0.3, 0.4) is 0 Å². The molecule has 2 heteroatoms. The minimum absolute atomic E-state index is 0.973. The summed E-state index contributed by atoms with van der Waals surface area (Å²) in [5.74, 6) is 0. The number of nitrogens with zero attached hydrogens (tertiary/aromatic N) is 2. The summed E-state index contributed by atoms with van der Waals surface area (Å²) in [7, 11) is 0. The van der Waals surface area contributed by atoms with Crippen LogP contribution in [0.4, 0.5) is 34.1 Å². The number of hydrogen-bond acceptors (Lipinski definition) is 2. The molecule has 0 bridgehead atoms. The zero-order chi connectivity index (χ0) is 42.4. The van der Waals surface area contributed by atoms with Crippen LogP contribution in [0.2, 0.25) is 0 Å². The van der Waals surface area contributed by atoms with E-state index in [-0.39, 0.29) is 0 Å². The van der Waals surface area contributed by atoms with Gasteiger partial charge >= 0.3 is 0 Å². The molecule has 12 rings (SSSR count). The Hall–Kier alpha value is -8.20. The van der Waals surface area contributed by atoms with Crippen LogP contribution in [-0.2, 0) is 12.8 Å². The molecule has 0 heterocycles. The molecule has 0 saturated heterocycles. The normalized spacial score (nSPS) is 11.9. The van der Waals surface area contributed by atoms with E-state index >= 15 is 0 Å². The lowest BCUT2D eigenvalue weighted by Crippen LogP contribution is -2.10. The molecule has 0 amide bonds. The number of rotatable bonds is 9. The van der Waals surface area contributed by atoms with Crippen LogP contribution in [0.15, 0.2) is 243 Å². The van der Waals surface area contributed by atoms with Crippen molar-refractivity contribution in [2.24, 2.45) is 0 Å². The second kappa shape index (κ2) is 15.9. The van der Waals surface area contributed by atoms with E-state index in [0.29, 0.717) is 0 Å². The Labute approximate surface area is 375 Å². The minimum Gasteiger partial charge on any atom is -0.311 e. The standard InChI is InChI=1S/C62H44N2/c1-3-15-49(16-4-1)63(53-37-29-45(30-38-53)55-21-11-23-59-57-19-9-7-13-47(57)41-61(55)59)51-33-25-43(26-34-51)44-27-35-52(36-28-44)64(50-17-5-2-6-18-50)54-39-31-46(32-40-54)56-22-12-24-60-58-20-10-8-14-48(58)42-62(56)60/h1-40H,41-42H2. The van der Waals surface area contributed by atoms with Crippen LogP contribution < -0.4 is 9.80 Å². The molecule has 10 aromatic carbocycles. The summed E-state index contributed by atoms with van der Waals surface area (Å²) in [6.45, 7) is 0. The van der Waals surface area contributed by atoms with E-state index < -0.39 is 0 Å². The molecule has 0 saturated carbocycles. The van der Waals surface area contributed by atoms with E-state index in [1.54, 1.807) is 0 Å². The summed E-state index contributed by atoms with van der Waals surface area (Å²) in [6.07, 6.45) is 1.95. The van der Waals surface area contributed by atoms with Gasteiger partial charge in [-0.1, -0.05) is 170 Å². The third-order valence-corrected chi connectivity index (χ3v) is 13.2. The molecule has 2 aliphatic carbocycles. The molecule has 0 aliphatic heterocycles. The third-order valence-electron chi connectivity index (χ3n) is 13.2. The van der Waals surface area contributed by atoms with E-state index in [1.807, 2.05) is 0 Å². The Morgan fingerprint density at radius 3 is 0.859 bits per heavy atom. The van der Waals surface area contributed by atoms with Crippen LogP contribution >= 0.6 is 0 Å². The lowest BCUT2D eigenvalue weighted by molar-refractivity contribution is 1.26. The number of hydrogen-bond donors (Lipinski definition) is 0. The van der Waals surface area contributed by atoms with Gasteiger partial charge in [0.15, 0.2) is 0 Å². The smallest absolute Gasteiger partial charge is 0.0462 e. The van der Waals surface area contributed by atoms with Crippen molar-refractivity contribution in [3.05, 3.63) is 265 Å². The van der Waals surface area contributed by atoms with Crippen molar-refractivity contribution in [3.63, 3.8) is 0 Å². The van der Waals surface area contributed by atoms with Crippen molar-refractivity contribution in [2.45, 2.75) is 12.8 Å². The first-order valence-corrected chi connectivity index (χ1v) is 22.3. The SMILES string of the molecule is c1ccc(N(c2ccc(-c3ccc(N(c4ccccc4)c4ccc(-c5cccc6c5Cc5ccccc5-6)cc4)cc3)cc2)c2ccc(-c3cccc4c3Cc3ccccc3-4)cc2)cc1. The number of anilines is 6. The van der Waals surface area contributed by atoms with Gasteiger partial charge in [-0.2, -0.15) is 0 Å². The number of fused-ring (bicyclic) bond motifs is 6. The van der Waals surface area contributed by atoms with Crippen LogP contribution in [0.5, 0.6) is 0 Å². The van der Waals surface area contributed by atoms with Gasteiger partial charge < -0.3 is 9.80 Å². The highest BCUT2D eigenvalue weighted by atomic mass is 15.1. The fraction of sp³-hybridized carbons (Fsp3) is 0.0323. The first-order chi connectivity index (χ1) is 31.7. The van der Waals surface area contributed by atoms with Gasteiger partial charge in [0.2, 0.25) is 0 Å². The maximum absolute atomic E-state index is 2.34. The molecule has 2 aliphatic rings. The molecule has 0 spiro atoms. The Kier molecular flexibility index (Phi) is 9.34. The molecule has 64 heavy (non-hydrogen) atoms. The average molecular weight is 817 g/mol. The molecule has 10 aromatic rings. The van der Waals surface area contributed by atoms with Gasteiger partial charge in [-0.25, -0.2) is 0 Å². The summed E-state index contributed by atoms with van der Waals surface area (Å²) in [5.41, 5.74) is 25.2. The molecule has 0 fully saturated rings. The van der Waals surface area contributed by atoms with E-state index in [9.17, 15) is 0 Å². The fourth-order valence-electron chi connectivity index (χ4n) is 10.1. The van der Waals surface area contributed by atoms with Gasteiger partial charge in [-0.05, 0) is 164 Å². The van der Waals surface area contributed by atoms with Gasteiger partial charge in [0.05, 0.1) is 0 Å². The van der Waals surface area contributed by atoms with Gasteiger partial charge in [0.25, 0.3) is 0 Å². The largest absolute Gasteiger partial charge is 0.311 e. The molecule has 0 N–H and O–H groups in total. The van der Waals surface area contributed by atoms with Gasteiger partial charge in [-0.3, -0.25) is 0 Å². The monoisotopic (exact) mass is 816 g/mol. The second-order valence-electron chi connectivity index (χ2n) is 16.9.